The van der Waals surface area contributed by atoms with Crippen LogP contribution in [-0.2, 0) is 35.6 Å². The summed E-state index contributed by atoms with van der Waals surface area (Å²) in [5.74, 6) is -3.73. The third kappa shape index (κ3) is 4.71. The largest absolute Gasteiger partial charge is 0.332 e. The van der Waals surface area contributed by atoms with Gasteiger partial charge in [0.25, 0.3) is 11.5 Å². The first kappa shape index (κ1) is 25.0. The highest BCUT2D eigenvalue weighted by atomic mass is 32.1. The van der Waals surface area contributed by atoms with Crippen LogP contribution in [0.15, 0.2) is 33.6 Å². The molecule has 0 aromatic carbocycles. The lowest BCUT2D eigenvalue weighted by molar-refractivity contribution is -0.118. The Balaban J connectivity index is 1.56. The number of rotatable bonds is 7. The van der Waals surface area contributed by atoms with Crippen LogP contribution in [0.5, 0.6) is 0 Å². The molecule has 4 aromatic heterocycles. The van der Waals surface area contributed by atoms with Gasteiger partial charge in [-0.3, -0.25) is 28.5 Å². The number of nitrogens with zero attached hydrogens (tertiary/aromatic N) is 6. The summed E-state index contributed by atoms with van der Waals surface area (Å²) >= 11 is 1.20. The van der Waals surface area contributed by atoms with Crippen LogP contribution in [0.4, 0.5) is 14.6 Å². The van der Waals surface area contributed by atoms with E-state index in [1.165, 1.54) is 49.3 Å². The molecule has 0 saturated heterocycles. The van der Waals surface area contributed by atoms with Crippen molar-refractivity contribution in [1.29, 1.82) is 0 Å². The van der Waals surface area contributed by atoms with Gasteiger partial charge in [-0.1, -0.05) is 0 Å². The van der Waals surface area contributed by atoms with Crippen molar-refractivity contribution in [3.8, 4) is 10.6 Å². The maximum Gasteiger partial charge on any atom is 0.332 e. The maximum atomic E-state index is 13.6. The van der Waals surface area contributed by atoms with Crippen LogP contribution in [0.3, 0.4) is 0 Å². The van der Waals surface area contributed by atoms with Crippen molar-refractivity contribution < 1.29 is 18.4 Å². The Bertz CT molecular complexity index is 1630. The predicted octanol–water partition coefficient (Wildman–Crippen LogP) is 2.06. The van der Waals surface area contributed by atoms with E-state index in [0.29, 0.717) is 16.1 Å². The molecule has 1 N–H and O–H groups in total. The van der Waals surface area contributed by atoms with E-state index >= 15 is 0 Å². The molecule has 0 radical (unpaired) electrons. The zero-order chi connectivity index (χ0) is 26.4. The van der Waals surface area contributed by atoms with Crippen LogP contribution in [0.1, 0.15) is 25.1 Å². The molecule has 188 valence electrons. The van der Waals surface area contributed by atoms with Crippen LogP contribution >= 0.6 is 11.3 Å². The van der Waals surface area contributed by atoms with Crippen LogP contribution in [0.2, 0.25) is 0 Å². The minimum absolute atomic E-state index is 0.00170. The third-order valence-electron chi connectivity index (χ3n) is 5.31. The molecule has 0 aliphatic heterocycles. The van der Waals surface area contributed by atoms with Crippen molar-refractivity contribution in [2.24, 2.45) is 7.05 Å². The molecule has 0 unspecified atom stereocenters. The molecule has 4 rings (SSSR count). The summed E-state index contributed by atoms with van der Waals surface area (Å²) in [4.78, 5) is 61.7. The molecule has 4 aromatic rings. The molecule has 0 aliphatic carbocycles. The number of amides is 1. The van der Waals surface area contributed by atoms with Crippen LogP contribution in [-0.4, -0.2) is 40.3 Å². The molecule has 0 bridgehead atoms. The zero-order valence-corrected chi connectivity index (χ0v) is 20.5. The number of hydrogen-bond donors (Lipinski definition) is 1. The number of aryl methyl sites for hydroxylation is 2. The van der Waals surface area contributed by atoms with Crippen LogP contribution < -0.4 is 16.6 Å². The molecule has 0 saturated carbocycles. The summed E-state index contributed by atoms with van der Waals surface area (Å²) < 4.78 is 30.4. The smallest absolute Gasteiger partial charge is 0.315 e. The number of nitrogens with one attached hydrogen (secondary N) is 1. The number of anilines is 1. The topological polar surface area (TPSA) is 134 Å². The first-order valence-electron chi connectivity index (χ1n) is 10.6. The second-order valence-electron chi connectivity index (χ2n) is 8.34. The van der Waals surface area contributed by atoms with Crippen molar-refractivity contribution in [3.05, 3.63) is 56.1 Å². The fourth-order valence-electron chi connectivity index (χ4n) is 3.76. The van der Waals surface area contributed by atoms with Gasteiger partial charge in [0.05, 0.1) is 12.9 Å². The second kappa shape index (κ2) is 9.18. The van der Waals surface area contributed by atoms with Gasteiger partial charge >= 0.3 is 5.69 Å². The minimum Gasteiger partial charge on any atom is -0.315 e. The molecule has 0 spiro atoms. The van der Waals surface area contributed by atoms with E-state index < -0.39 is 29.6 Å². The zero-order valence-electron chi connectivity index (χ0n) is 19.7. The number of halogens is 2. The molecule has 36 heavy (non-hydrogen) atoms. The Morgan fingerprint density at radius 2 is 1.92 bits per heavy atom. The number of carbonyl (C=O) groups is 2. The van der Waals surface area contributed by atoms with Gasteiger partial charge in [-0.25, -0.2) is 14.8 Å². The molecule has 1 amide bonds. The fraction of sp³-hybridized carbons (Fsp3) is 0.318. The number of pyridine rings is 1. The van der Waals surface area contributed by atoms with Gasteiger partial charge in [0.15, 0.2) is 11.2 Å². The predicted molar refractivity (Wildman–Crippen MR) is 128 cm³/mol. The van der Waals surface area contributed by atoms with E-state index in [-0.39, 0.29) is 35.0 Å². The van der Waals surface area contributed by atoms with Gasteiger partial charge < -0.3 is 9.88 Å². The van der Waals surface area contributed by atoms with Gasteiger partial charge in [0.2, 0.25) is 5.91 Å². The maximum absolute atomic E-state index is 13.6. The van der Waals surface area contributed by atoms with Crippen molar-refractivity contribution in [2.75, 3.05) is 5.32 Å². The molecule has 0 aliphatic rings. The highest BCUT2D eigenvalue weighted by molar-refractivity contribution is 7.13. The van der Waals surface area contributed by atoms with E-state index in [4.69, 9.17) is 0 Å². The highest BCUT2D eigenvalue weighted by Gasteiger charge is 2.28. The van der Waals surface area contributed by atoms with Crippen LogP contribution in [0.25, 0.3) is 21.7 Å². The lowest BCUT2D eigenvalue weighted by Crippen LogP contribution is -2.41. The Morgan fingerprint density at radius 3 is 2.56 bits per heavy atom. The Hall–Kier alpha value is -4.07. The van der Waals surface area contributed by atoms with Gasteiger partial charge in [-0.05, 0) is 25.5 Å². The average Bonchev–Trinajstić information content (AvgIpc) is 3.41. The van der Waals surface area contributed by atoms with Crippen molar-refractivity contribution in [1.82, 2.24) is 28.7 Å². The summed E-state index contributed by atoms with van der Waals surface area (Å²) in [7, 11) is 1.42. The van der Waals surface area contributed by atoms with Crippen molar-refractivity contribution in [3.63, 3.8) is 0 Å². The van der Waals surface area contributed by atoms with Crippen molar-refractivity contribution >= 4 is 40.0 Å². The first-order valence-corrected chi connectivity index (χ1v) is 11.5. The summed E-state index contributed by atoms with van der Waals surface area (Å²) in [6.07, 6.45) is 2.56. The molecular formula is C22H21F2N7O4S. The number of alkyl halides is 2. The Morgan fingerprint density at radius 1 is 1.19 bits per heavy atom. The minimum atomic E-state index is -3.07. The normalized spacial score (nSPS) is 11.7. The number of hydrogen-bond acceptors (Lipinski definition) is 8. The second-order valence-corrected chi connectivity index (χ2v) is 9.20. The first-order chi connectivity index (χ1) is 16.9. The van der Waals surface area contributed by atoms with Gasteiger partial charge in [0.1, 0.15) is 28.8 Å². The number of Topliss-reactive ketones (excluding diaryl/α,β-unsaturated/α-hetero) is 1. The molecule has 14 heteroatoms. The molecule has 11 nitrogen and oxygen atoms in total. The van der Waals surface area contributed by atoms with E-state index in [1.807, 2.05) is 0 Å². The van der Waals surface area contributed by atoms with Crippen molar-refractivity contribution in [2.45, 2.75) is 39.8 Å². The molecule has 0 atom stereocenters. The average molecular weight is 518 g/mol. The van der Waals surface area contributed by atoms with Crippen LogP contribution in [0, 0.1) is 6.92 Å². The van der Waals surface area contributed by atoms with E-state index in [2.05, 4.69) is 20.3 Å². The van der Waals surface area contributed by atoms with E-state index in [1.54, 1.807) is 11.4 Å². The summed E-state index contributed by atoms with van der Waals surface area (Å²) in [6, 6.07) is 1.55. The van der Waals surface area contributed by atoms with E-state index in [9.17, 15) is 28.0 Å². The quantitative estimate of drug-likeness (QED) is 0.397. The number of imidazole rings is 1. The van der Waals surface area contributed by atoms with E-state index in [0.717, 1.165) is 16.1 Å². The standard InChI is InChI=1S/C22H21F2N7O4S/c1-11-5-13(6-25-17(11)22(3,23)24)19-28-14(9-36-19)27-15(33)8-30-10-26-18-16(30)20(34)31(7-12(2)32)21(35)29(18)4/h5-6,9-10H,7-8H2,1-4H3,(H,27,33). The summed E-state index contributed by atoms with van der Waals surface area (Å²) in [6.45, 7) is 2.87. The molecule has 0 fully saturated rings. The fourth-order valence-corrected chi connectivity index (χ4v) is 4.49. The SMILES string of the molecule is CC(=O)Cn1c(=O)c2c(ncn2CC(=O)Nc2csc(-c3cnc(C(C)(F)F)c(C)c3)n2)n(C)c1=O. The number of ketones is 1. The molecule has 4 heterocycles. The summed E-state index contributed by atoms with van der Waals surface area (Å²) in [5, 5.41) is 4.68. The molecular weight excluding hydrogens is 496 g/mol. The Kier molecular flexibility index (Phi) is 6.39. The van der Waals surface area contributed by atoms with Gasteiger partial charge in [-0.2, -0.15) is 8.78 Å². The highest BCUT2D eigenvalue weighted by Crippen LogP contribution is 2.32. The van der Waals surface area contributed by atoms with Gasteiger partial charge in [-0.15, -0.1) is 11.3 Å². The summed E-state index contributed by atoms with van der Waals surface area (Å²) in [5.41, 5.74) is -0.805. The lowest BCUT2D eigenvalue weighted by atomic mass is 10.1. The monoisotopic (exact) mass is 517 g/mol. The number of aromatic nitrogens is 6. The third-order valence-corrected chi connectivity index (χ3v) is 6.20. The van der Waals surface area contributed by atoms with Gasteiger partial charge in [0, 0.05) is 31.1 Å². The number of carbonyl (C=O) groups excluding carboxylic acids is 2. The Labute approximate surface area is 206 Å². The lowest BCUT2D eigenvalue weighted by Gasteiger charge is -2.12. The number of fused-ring (bicyclic) bond motifs is 1. The number of thiazole rings is 1.